The molecular weight excluding hydrogens is 210 g/mol. The van der Waals surface area contributed by atoms with Crippen molar-refractivity contribution >= 4 is 0 Å². The first kappa shape index (κ1) is 11.7. The van der Waals surface area contributed by atoms with Crippen LogP contribution >= 0.6 is 0 Å². The summed E-state index contributed by atoms with van der Waals surface area (Å²) < 4.78 is 0. The second kappa shape index (κ2) is 4.63. The molecule has 1 atom stereocenters. The minimum atomic E-state index is 0.354. The van der Waals surface area contributed by atoms with Crippen LogP contribution in [0.15, 0.2) is 47.8 Å². The van der Waals surface area contributed by atoms with Gasteiger partial charge in [0.2, 0.25) is 0 Å². The molecule has 1 aliphatic carbocycles. The van der Waals surface area contributed by atoms with E-state index in [-0.39, 0.29) is 0 Å². The maximum Gasteiger partial charge on any atom is 0.0546 e. The molecule has 90 valence electrons. The van der Waals surface area contributed by atoms with Crippen LogP contribution in [-0.4, -0.2) is 0 Å². The molecule has 1 aliphatic rings. The predicted molar refractivity (Wildman–Crippen MR) is 70.7 cm³/mol. The highest BCUT2D eigenvalue weighted by Crippen LogP contribution is 2.33. The van der Waals surface area contributed by atoms with E-state index >= 15 is 0 Å². The van der Waals surface area contributed by atoms with Gasteiger partial charge in [0.25, 0.3) is 0 Å². The van der Waals surface area contributed by atoms with E-state index in [1.54, 1.807) is 0 Å². The van der Waals surface area contributed by atoms with Crippen molar-refractivity contribution in [3.63, 3.8) is 0 Å². The topological polar surface area (TPSA) is 64.1 Å². The van der Waals surface area contributed by atoms with E-state index in [1.807, 2.05) is 12.1 Å². The Hall–Kier alpha value is -1.74. The average molecular weight is 229 g/mol. The van der Waals surface area contributed by atoms with Gasteiger partial charge in [-0.1, -0.05) is 37.8 Å². The van der Waals surface area contributed by atoms with Gasteiger partial charge in [-0.3, -0.25) is 0 Å². The van der Waals surface area contributed by atoms with Gasteiger partial charge in [-0.25, -0.2) is 0 Å². The Kier molecular flexibility index (Phi) is 3.20. The summed E-state index contributed by atoms with van der Waals surface area (Å²) in [7, 11) is 0. The second-order valence-corrected chi connectivity index (χ2v) is 4.45. The Labute approximate surface area is 102 Å². The molecule has 0 saturated carbocycles. The normalized spacial score (nSPS) is 19.2. The van der Waals surface area contributed by atoms with Crippen molar-refractivity contribution < 1.29 is 0 Å². The standard InChI is InChI=1S/C14H19N3/c1-9-10(2)14(13(9)16)17-8-12-5-3-4-11(6-12)7-15/h3-6,10,17H,1,7-8,15-16H2,2H3. The zero-order valence-corrected chi connectivity index (χ0v) is 10.2. The van der Waals surface area contributed by atoms with E-state index in [0.29, 0.717) is 12.5 Å². The molecule has 0 aromatic heterocycles. The summed E-state index contributed by atoms with van der Waals surface area (Å²) in [6.07, 6.45) is 0. The summed E-state index contributed by atoms with van der Waals surface area (Å²) >= 11 is 0. The number of rotatable bonds is 4. The Bertz CT molecular complexity index is 474. The van der Waals surface area contributed by atoms with E-state index in [9.17, 15) is 0 Å². The fourth-order valence-corrected chi connectivity index (χ4v) is 2.05. The molecule has 5 N–H and O–H groups in total. The Morgan fingerprint density at radius 1 is 1.35 bits per heavy atom. The first-order chi connectivity index (χ1) is 8.13. The third kappa shape index (κ3) is 2.19. The van der Waals surface area contributed by atoms with Crippen LogP contribution in [0.25, 0.3) is 0 Å². The molecule has 0 amide bonds. The van der Waals surface area contributed by atoms with Gasteiger partial charge in [-0.05, 0) is 16.7 Å². The molecule has 0 spiro atoms. The van der Waals surface area contributed by atoms with Crippen LogP contribution in [0.4, 0.5) is 0 Å². The zero-order valence-electron chi connectivity index (χ0n) is 10.2. The van der Waals surface area contributed by atoms with Crippen LogP contribution in [0.5, 0.6) is 0 Å². The molecule has 3 nitrogen and oxygen atoms in total. The lowest BCUT2D eigenvalue weighted by atomic mass is 9.83. The average Bonchev–Trinajstić information content (AvgIpc) is 2.38. The van der Waals surface area contributed by atoms with Crippen molar-refractivity contribution in [3.05, 3.63) is 58.9 Å². The molecule has 17 heavy (non-hydrogen) atoms. The van der Waals surface area contributed by atoms with Crippen LogP contribution in [0.1, 0.15) is 18.1 Å². The number of hydrogen-bond acceptors (Lipinski definition) is 3. The number of nitrogens with one attached hydrogen (secondary N) is 1. The zero-order chi connectivity index (χ0) is 12.4. The van der Waals surface area contributed by atoms with Gasteiger partial charge in [0.05, 0.1) is 5.70 Å². The van der Waals surface area contributed by atoms with E-state index in [4.69, 9.17) is 11.5 Å². The monoisotopic (exact) mass is 229 g/mol. The fourth-order valence-electron chi connectivity index (χ4n) is 2.05. The summed E-state index contributed by atoms with van der Waals surface area (Å²) in [6, 6.07) is 8.26. The quantitative estimate of drug-likeness (QED) is 0.735. The van der Waals surface area contributed by atoms with Gasteiger partial charge in [0, 0.05) is 24.7 Å². The molecule has 0 bridgehead atoms. The number of nitrogens with two attached hydrogens (primary N) is 2. The first-order valence-corrected chi connectivity index (χ1v) is 5.84. The lowest BCUT2D eigenvalue weighted by Crippen LogP contribution is -2.33. The number of allylic oxidation sites excluding steroid dienone is 2. The Morgan fingerprint density at radius 3 is 2.71 bits per heavy atom. The highest BCUT2D eigenvalue weighted by molar-refractivity contribution is 5.47. The molecule has 0 radical (unpaired) electrons. The van der Waals surface area contributed by atoms with Gasteiger partial charge < -0.3 is 16.8 Å². The van der Waals surface area contributed by atoms with Crippen LogP contribution < -0.4 is 16.8 Å². The van der Waals surface area contributed by atoms with Gasteiger partial charge in [0.15, 0.2) is 0 Å². The van der Waals surface area contributed by atoms with Crippen LogP contribution in [0, 0.1) is 5.92 Å². The smallest absolute Gasteiger partial charge is 0.0546 e. The summed E-state index contributed by atoms with van der Waals surface area (Å²) in [5.74, 6) is 0.354. The van der Waals surface area contributed by atoms with Gasteiger partial charge in [0.1, 0.15) is 0 Å². The minimum absolute atomic E-state index is 0.354. The summed E-state index contributed by atoms with van der Waals surface area (Å²) in [5, 5.41) is 3.37. The molecule has 0 aliphatic heterocycles. The molecule has 1 aromatic carbocycles. The Balaban J connectivity index is 2.01. The lowest BCUT2D eigenvalue weighted by Gasteiger charge is -2.32. The highest BCUT2D eigenvalue weighted by Gasteiger charge is 2.27. The van der Waals surface area contributed by atoms with Crippen LogP contribution in [0.3, 0.4) is 0 Å². The van der Waals surface area contributed by atoms with Crippen molar-refractivity contribution in [2.45, 2.75) is 20.0 Å². The molecule has 0 saturated heterocycles. The molecule has 0 heterocycles. The molecule has 1 aromatic rings. The maximum absolute atomic E-state index is 5.87. The maximum atomic E-state index is 5.87. The second-order valence-electron chi connectivity index (χ2n) is 4.45. The van der Waals surface area contributed by atoms with Crippen molar-refractivity contribution in [2.24, 2.45) is 17.4 Å². The van der Waals surface area contributed by atoms with E-state index in [1.165, 1.54) is 5.56 Å². The van der Waals surface area contributed by atoms with Gasteiger partial charge in [-0.15, -0.1) is 0 Å². The predicted octanol–water partition coefficient (Wildman–Crippen LogP) is 1.61. The van der Waals surface area contributed by atoms with Crippen LogP contribution in [0.2, 0.25) is 0 Å². The summed E-state index contributed by atoms with van der Waals surface area (Å²) in [4.78, 5) is 0. The third-order valence-corrected chi connectivity index (χ3v) is 3.30. The molecule has 2 rings (SSSR count). The summed E-state index contributed by atoms with van der Waals surface area (Å²) in [5.41, 5.74) is 16.8. The van der Waals surface area contributed by atoms with Gasteiger partial charge in [-0.2, -0.15) is 0 Å². The third-order valence-electron chi connectivity index (χ3n) is 3.30. The largest absolute Gasteiger partial charge is 0.397 e. The van der Waals surface area contributed by atoms with Crippen molar-refractivity contribution in [1.29, 1.82) is 0 Å². The summed E-state index contributed by atoms with van der Waals surface area (Å²) in [6.45, 7) is 7.38. The minimum Gasteiger partial charge on any atom is -0.397 e. The van der Waals surface area contributed by atoms with Crippen molar-refractivity contribution in [1.82, 2.24) is 5.32 Å². The fraction of sp³-hybridized carbons (Fsp3) is 0.286. The Morgan fingerprint density at radius 2 is 2.06 bits per heavy atom. The SMILES string of the molecule is C=C1C(N)=C(NCc2cccc(CN)c2)C1C. The lowest BCUT2D eigenvalue weighted by molar-refractivity contribution is 0.612. The first-order valence-electron chi connectivity index (χ1n) is 5.84. The number of hydrogen-bond donors (Lipinski definition) is 3. The van der Waals surface area contributed by atoms with Crippen molar-refractivity contribution in [3.8, 4) is 0 Å². The van der Waals surface area contributed by atoms with E-state index in [0.717, 1.165) is 29.1 Å². The highest BCUT2D eigenvalue weighted by atomic mass is 14.9. The van der Waals surface area contributed by atoms with E-state index in [2.05, 4.69) is 31.0 Å². The van der Waals surface area contributed by atoms with Crippen molar-refractivity contribution in [2.75, 3.05) is 0 Å². The number of benzene rings is 1. The van der Waals surface area contributed by atoms with Gasteiger partial charge >= 0.3 is 0 Å². The molecular formula is C14H19N3. The van der Waals surface area contributed by atoms with E-state index < -0.39 is 0 Å². The molecule has 0 fully saturated rings. The van der Waals surface area contributed by atoms with Crippen LogP contribution in [-0.2, 0) is 13.1 Å². The molecule has 3 heteroatoms. The molecule has 1 unspecified atom stereocenters.